The van der Waals surface area contributed by atoms with Crippen LogP contribution in [0, 0.1) is 21.4 Å². The topological polar surface area (TPSA) is 171 Å². The van der Waals surface area contributed by atoms with Crippen molar-refractivity contribution in [2.45, 2.75) is 38.6 Å². The molecular weight excluding hydrogens is 557 g/mol. The molecule has 0 amide bonds. The van der Waals surface area contributed by atoms with Gasteiger partial charge in [0.2, 0.25) is 5.60 Å². The highest BCUT2D eigenvalue weighted by atomic mass is 19.4. The van der Waals surface area contributed by atoms with Crippen LogP contribution in [0.5, 0.6) is 0 Å². The van der Waals surface area contributed by atoms with E-state index in [-0.39, 0.29) is 23.5 Å². The Bertz CT molecular complexity index is 1580. The summed E-state index contributed by atoms with van der Waals surface area (Å²) in [5, 5.41) is 21.8. The summed E-state index contributed by atoms with van der Waals surface area (Å²) < 4.78 is 53.5. The summed E-state index contributed by atoms with van der Waals surface area (Å²) in [5.41, 5.74) is 2.64. The van der Waals surface area contributed by atoms with Crippen LogP contribution in [0.4, 0.5) is 18.9 Å². The number of non-ortho nitro benzene ring substituents is 1. The first-order chi connectivity index (χ1) is 19.8. The highest BCUT2D eigenvalue weighted by Crippen LogP contribution is 2.41. The van der Waals surface area contributed by atoms with Gasteiger partial charge in [0.1, 0.15) is 17.5 Å². The third-order valence-corrected chi connectivity index (χ3v) is 6.28. The van der Waals surface area contributed by atoms with Crippen LogP contribution in [0.3, 0.4) is 0 Å². The smallest absolute Gasteiger partial charge is 0.434 e. The molecule has 1 unspecified atom stereocenters. The zero-order valence-corrected chi connectivity index (χ0v) is 22.6. The van der Waals surface area contributed by atoms with E-state index in [0.29, 0.717) is 34.4 Å². The number of nitro groups is 1. The fraction of sp³-hybridized carbons (Fsp3) is 0.250. The Balaban J connectivity index is 1.92. The van der Waals surface area contributed by atoms with Crippen molar-refractivity contribution >= 4 is 28.3 Å². The molecule has 0 aliphatic carbocycles. The molecular formula is C28H27F3N6O5. The van der Waals surface area contributed by atoms with Crippen LogP contribution in [0.15, 0.2) is 67.0 Å². The number of aromatic nitrogens is 1. The summed E-state index contributed by atoms with van der Waals surface area (Å²) in [5.74, 6) is 4.96. The molecule has 0 fully saturated rings. The number of halogens is 3. The third-order valence-electron chi connectivity index (χ3n) is 6.28. The second-order valence-electron chi connectivity index (χ2n) is 9.00. The van der Waals surface area contributed by atoms with Gasteiger partial charge in [-0.2, -0.15) is 18.4 Å². The maximum atomic E-state index is 14.4. The van der Waals surface area contributed by atoms with E-state index in [9.17, 15) is 33.3 Å². The number of pyridine rings is 1. The molecule has 0 bridgehead atoms. The van der Waals surface area contributed by atoms with Crippen molar-refractivity contribution in [1.29, 1.82) is 5.26 Å². The molecule has 4 N–H and O–H groups in total. The summed E-state index contributed by atoms with van der Waals surface area (Å²) in [6.07, 6.45) is -5.11. The number of carbonyl (C=O) groups is 1. The molecule has 220 valence electrons. The van der Waals surface area contributed by atoms with Gasteiger partial charge in [-0.3, -0.25) is 10.1 Å². The lowest BCUT2D eigenvalue weighted by Gasteiger charge is -2.35. The van der Waals surface area contributed by atoms with E-state index in [0.717, 1.165) is 42.4 Å². The van der Waals surface area contributed by atoms with Gasteiger partial charge in [0, 0.05) is 29.3 Å². The minimum atomic E-state index is -5.14. The van der Waals surface area contributed by atoms with Crippen LogP contribution in [0.2, 0.25) is 0 Å². The lowest BCUT2D eigenvalue weighted by molar-refractivity contribution is -0.384. The Morgan fingerprint density at radius 1 is 1.21 bits per heavy atom. The standard InChI is InChI=1S/C28H27F3N6O5/c1-4-27(28(29,30)31,42-26(38)19-7-9-21(10-8-19)37(39)40)25(33)16-36(34)15-18-6-11-22-23(17(3)41-5-2)13-20(14-32)35-24(22)12-18/h6-13,16H,3-5,15,33-34H2,1-2H3/b25-16-. The number of hydrogen-bond acceptors (Lipinski definition) is 10. The van der Waals surface area contributed by atoms with Crippen molar-refractivity contribution in [1.82, 2.24) is 9.99 Å². The molecule has 1 aromatic heterocycles. The molecule has 0 saturated heterocycles. The molecule has 11 nitrogen and oxygen atoms in total. The SMILES string of the molecule is C=C(OCC)c1cc(C#N)nc2cc(CN(N)/C=C(\N)C(CC)(OC(=O)c3ccc([N+](=O)[O-])cc3)C(F)(F)F)ccc12. The predicted octanol–water partition coefficient (Wildman–Crippen LogP) is 5.07. The third kappa shape index (κ3) is 6.58. The molecule has 2 aromatic carbocycles. The highest BCUT2D eigenvalue weighted by molar-refractivity contribution is 5.91. The van der Waals surface area contributed by atoms with Crippen molar-refractivity contribution < 1.29 is 32.4 Å². The Kier molecular flexibility index (Phi) is 9.38. The van der Waals surface area contributed by atoms with Crippen molar-refractivity contribution in [3.63, 3.8) is 0 Å². The van der Waals surface area contributed by atoms with Gasteiger partial charge in [0.15, 0.2) is 0 Å². The van der Waals surface area contributed by atoms with Crippen molar-refractivity contribution in [3.8, 4) is 6.07 Å². The summed E-state index contributed by atoms with van der Waals surface area (Å²) >= 11 is 0. The van der Waals surface area contributed by atoms with Gasteiger partial charge in [0.25, 0.3) is 5.69 Å². The monoisotopic (exact) mass is 584 g/mol. The fourth-order valence-electron chi connectivity index (χ4n) is 4.15. The van der Waals surface area contributed by atoms with E-state index in [2.05, 4.69) is 11.6 Å². The predicted molar refractivity (Wildman–Crippen MR) is 147 cm³/mol. The molecule has 1 heterocycles. The molecule has 0 saturated carbocycles. The van der Waals surface area contributed by atoms with Crippen LogP contribution in [0.1, 0.15) is 47.4 Å². The second kappa shape index (κ2) is 12.6. The Labute approximate surface area is 238 Å². The molecule has 42 heavy (non-hydrogen) atoms. The number of benzene rings is 2. The lowest BCUT2D eigenvalue weighted by atomic mass is 9.95. The van der Waals surface area contributed by atoms with Gasteiger partial charge in [-0.15, -0.1) is 0 Å². The van der Waals surface area contributed by atoms with E-state index >= 15 is 0 Å². The number of ether oxygens (including phenoxy) is 2. The van der Waals surface area contributed by atoms with Crippen LogP contribution in [0.25, 0.3) is 16.7 Å². The zero-order valence-electron chi connectivity index (χ0n) is 22.6. The molecule has 1 atom stereocenters. The molecule has 0 aliphatic rings. The Morgan fingerprint density at radius 2 is 1.88 bits per heavy atom. The fourth-order valence-corrected chi connectivity index (χ4v) is 4.15. The summed E-state index contributed by atoms with van der Waals surface area (Å²) in [4.78, 5) is 27.1. The van der Waals surface area contributed by atoms with Crippen LogP contribution < -0.4 is 11.6 Å². The summed E-state index contributed by atoms with van der Waals surface area (Å²) in [6.45, 7) is 7.03. The first-order valence-corrected chi connectivity index (χ1v) is 12.5. The minimum Gasteiger partial charge on any atom is -0.494 e. The van der Waals surface area contributed by atoms with E-state index in [1.807, 2.05) is 6.07 Å². The summed E-state index contributed by atoms with van der Waals surface area (Å²) in [6, 6.07) is 12.4. The molecule has 0 radical (unpaired) electrons. The molecule has 0 spiro atoms. The molecule has 14 heteroatoms. The lowest BCUT2D eigenvalue weighted by Crippen LogP contribution is -2.53. The second-order valence-corrected chi connectivity index (χ2v) is 9.00. The first kappa shape index (κ1) is 31.4. The average molecular weight is 585 g/mol. The maximum absolute atomic E-state index is 14.4. The largest absolute Gasteiger partial charge is 0.494 e. The van der Waals surface area contributed by atoms with E-state index in [1.165, 1.54) is 6.07 Å². The maximum Gasteiger partial charge on any atom is 0.434 e. The number of hydrazine groups is 1. The molecule has 3 aromatic rings. The molecule has 3 rings (SSSR count). The van der Waals surface area contributed by atoms with E-state index in [4.69, 9.17) is 21.1 Å². The number of nitrogens with zero attached hydrogens (tertiary/aromatic N) is 4. The zero-order chi connectivity index (χ0) is 31.2. The van der Waals surface area contributed by atoms with Crippen LogP contribution in [-0.4, -0.2) is 39.3 Å². The number of carbonyl (C=O) groups excluding carboxylic acids is 1. The van der Waals surface area contributed by atoms with Crippen LogP contribution in [-0.2, 0) is 16.0 Å². The number of nitro benzene ring substituents is 1. The Hall–Kier alpha value is -5.16. The number of alkyl halides is 3. The number of rotatable bonds is 11. The average Bonchev–Trinajstić information content (AvgIpc) is 2.94. The highest BCUT2D eigenvalue weighted by Gasteiger charge is 2.59. The van der Waals surface area contributed by atoms with Crippen molar-refractivity contribution in [2.75, 3.05) is 6.61 Å². The van der Waals surface area contributed by atoms with E-state index in [1.54, 1.807) is 25.1 Å². The van der Waals surface area contributed by atoms with Crippen LogP contribution >= 0.6 is 0 Å². The van der Waals surface area contributed by atoms with Gasteiger partial charge >= 0.3 is 12.1 Å². The summed E-state index contributed by atoms with van der Waals surface area (Å²) in [7, 11) is 0. The van der Waals surface area contributed by atoms with Gasteiger partial charge in [0.05, 0.1) is 34.9 Å². The van der Waals surface area contributed by atoms with Crippen molar-refractivity contribution in [2.24, 2.45) is 11.6 Å². The first-order valence-electron chi connectivity index (χ1n) is 12.5. The number of esters is 1. The van der Waals surface area contributed by atoms with Gasteiger partial charge in [-0.25, -0.2) is 15.6 Å². The van der Waals surface area contributed by atoms with Gasteiger partial charge in [-0.05, 0) is 43.2 Å². The molecule has 0 aliphatic heterocycles. The number of hydrogen-bond donors (Lipinski definition) is 2. The number of fused-ring (bicyclic) bond motifs is 1. The quantitative estimate of drug-likeness (QED) is 0.102. The number of nitrogens with two attached hydrogens (primary N) is 2. The normalized spacial score (nSPS) is 13.1. The van der Waals surface area contributed by atoms with E-state index < -0.39 is 34.8 Å². The van der Waals surface area contributed by atoms with Crippen molar-refractivity contribution in [3.05, 3.63) is 99.5 Å². The number of nitriles is 1. The van der Waals surface area contributed by atoms with Gasteiger partial charge < -0.3 is 20.2 Å². The minimum absolute atomic E-state index is 0.108. The van der Waals surface area contributed by atoms with Gasteiger partial charge in [-0.1, -0.05) is 25.6 Å². The Morgan fingerprint density at radius 3 is 2.43 bits per heavy atom.